The second-order valence-corrected chi connectivity index (χ2v) is 6.38. The van der Waals surface area contributed by atoms with E-state index >= 15 is 0 Å². The molecule has 2 aliphatic heterocycles. The minimum atomic E-state index is 0.538. The molecule has 0 aromatic carbocycles. The molecule has 2 heteroatoms. The first-order valence-corrected chi connectivity index (χ1v) is 6.50. The Hall–Kier alpha value is -0.0800. The summed E-state index contributed by atoms with van der Waals surface area (Å²) in [5.41, 5.74) is 0.538. The van der Waals surface area contributed by atoms with Crippen LogP contribution in [0.1, 0.15) is 33.6 Å². The third-order valence-corrected chi connectivity index (χ3v) is 4.01. The summed E-state index contributed by atoms with van der Waals surface area (Å²) in [5, 5.41) is 3.50. The highest BCUT2D eigenvalue weighted by Crippen LogP contribution is 2.29. The SMILES string of the molecule is CC1CC(C)CN(CC2(C)CCNC2)C1. The van der Waals surface area contributed by atoms with E-state index in [1.54, 1.807) is 0 Å². The summed E-state index contributed by atoms with van der Waals surface area (Å²) in [6.07, 6.45) is 2.78. The Morgan fingerprint density at radius 1 is 1.27 bits per heavy atom. The van der Waals surface area contributed by atoms with Crippen LogP contribution in [0.4, 0.5) is 0 Å². The van der Waals surface area contributed by atoms with Crippen molar-refractivity contribution in [3.8, 4) is 0 Å². The minimum absolute atomic E-state index is 0.538. The van der Waals surface area contributed by atoms with Gasteiger partial charge in [0.2, 0.25) is 0 Å². The Labute approximate surface area is 94.4 Å². The molecule has 2 saturated heterocycles. The monoisotopic (exact) mass is 210 g/mol. The van der Waals surface area contributed by atoms with Crippen LogP contribution in [0.5, 0.6) is 0 Å². The summed E-state index contributed by atoms with van der Waals surface area (Å²) in [4.78, 5) is 2.70. The van der Waals surface area contributed by atoms with Gasteiger partial charge in [-0.1, -0.05) is 20.8 Å². The molecule has 15 heavy (non-hydrogen) atoms. The molecule has 88 valence electrons. The molecular weight excluding hydrogens is 184 g/mol. The molecule has 0 bridgehead atoms. The van der Waals surface area contributed by atoms with E-state index < -0.39 is 0 Å². The van der Waals surface area contributed by atoms with Crippen molar-refractivity contribution in [1.29, 1.82) is 0 Å². The molecule has 2 rings (SSSR count). The van der Waals surface area contributed by atoms with Gasteiger partial charge >= 0.3 is 0 Å². The molecule has 2 aliphatic rings. The molecule has 0 saturated carbocycles. The molecule has 2 heterocycles. The van der Waals surface area contributed by atoms with E-state index in [9.17, 15) is 0 Å². The second kappa shape index (κ2) is 4.42. The van der Waals surface area contributed by atoms with Gasteiger partial charge in [0.15, 0.2) is 0 Å². The highest BCUT2D eigenvalue weighted by molar-refractivity contribution is 4.88. The quantitative estimate of drug-likeness (QED) is 0.749. The predicted octanol–water partition coefficient (Wildman–Crippen LogP) is 1.96. The van der Waals surface area contributed by atoms with E-state index in [0.717, 1.165) is 11.8 Å². The van der Waals surface area contributed by atoms with Crippen molar-refractivity contribution < 1.29 is 0 Å². The summed E-state index contributed by atoms with van der Waals surface area (Å²) in [6, 6.07) is 0. The number of nitrogens with zero attached hydrogens (tertiary/aromatic N) is 1. The number of likely N-dealkylation sites (tertiary alicyclic amines) is 1. The highest BCUT2D eigenvalue weighted by Gasteiger charge is 2.32. The Morgan fingerprint density at radius 2 is 1.93 bits per heavy atom. The van der Waals surface area contributed by atoms with E-state index in [-0.39, 0.29) is 0 Å². The molecule has 2 nitrogen and oxygen atoms in total. The third kappa shape index (κ3) is 2.94. The summed E-state index contributed by atoms with van der Waals surface area (Å²) < 4.78 is 0. The minimum Gasteiger partial charge on any atom is -0.316 e. The lowest BCUT2D eigenvalue weighted by molar-refractivity contribution is 0.0969. The van der Waals surface area contributed by atoms with Gasteiger partial charge in [-0.25, -0.2) is 0 Å². The van der Waals surface area contributed by atoms with Gasteiger partial charge in [0.1, 0.15) is 0 Å². The maximum atomic E-state index is 3.50. The fraction of sp³-hybridized carbons (Fsp3) is 1.00. The standard InChI is InChI=1S/C13H26N2/c1-11-6-12(2)8-15(7-11)10-13(3)4-5-14-9-13/h11-12,14H,4-10H2,1-3H3. The zero-order chi connectivity index (χ0) is 10.9. The third-order valence-electron chi connectivity index (χ3n) is 4.01. The van der Waals surface area contributed by atoms with Crippen molar-refractivity contribution in [2.45, 2.75) is 33.6 Å². The van der Waals surface area contributed by atoms with Crippen LogP contribution in [-0.2, 0) is 0 Å². The van der Waals surface area contributed by atoms with Crippen molar-refractivity contribution in [3.05, 3.63) is 0 Å². The first-order valence-electron chi connectivity index (χ1n) is 6.50. The first-order chi connectivity index (χ1) is 7.07. The summed E-state index contributed by atoms with van der Waals surface area (Å²) >= 11 is 0. The number of nitrogens with one attached hydrogen (secondary N) is 1. The van der Waals surface area contributed by atoms with Gasteiger partial charge in [-0.2, -0.15) is 0 Å². The van der Waals surface area contributed by atoms with Gasteiger partial charge in [-0.05, 0) is 36.6 Å². The van der Waals surface area contributed by atoms with E-state index in [2.05, 4.69) is 31.0 Å². The lowest BCUT2D eigenvalue weighted by atomic mass is 9.86. The van der Waals surface area contributed by atoms with Crippen LogP contribution in [-0.4, -0.2) is 37.6 Å². The zero-order valence-corrected chi connectivity index (χ0v) is 10.6. The molecule has 2 fully saturated rings. The largest absolute Gasteiger partial charge is 0.316 e. The van der Waals surface area contributed by atoms with Crippen molar-refractivity contribution in [3.63, 3.8) is 0 Å². The Balaban J connectivity index is 1.87. The van der Waals surface area contributed by atoms with E-state index in [1.165, 1.54) is 45.6 Å². The lowest BCUT2D eigenvalue weighted by Crippen LogP contribution is -2.44. The van der Waals surface area contributed by atoms with Crippen molar-refractivity contribution in [2.75, 3.05) is 32.7 Å². The fourth-order valence-electron chi connectivity index (χ4n) is 3.46. The molecule has 0 aromatic rings. The molecule has 0 aliphatic carbocycles. The topological polar surface area (TPSA) is 15.3 Å². The fourth-order valence-corrected chi connectivity index (χ4v) is 3.46. The van der Waals surface area contributed by atoms with Crippen molar-refractivity contribution in [1.82, 2.24) is 10.2 Å². The molecule has 0 aromatic heterocycles. The van der Waals surface area contributed by atoms with E-state index in [4.69, 9.17) is 0 Å². The number of piperidine rings is 1. The Morgan fingerprint density at radius 3 is 2.47 bits per heavy atom. The van der Waals surface area contributed by atoms with E-state index in [0.29, 0.717) is 5.41 Å². The van der Waals surface area contributed by atoms with Crippen LogP contribution in [0.3, 0.4) is 0 Å². The molecule has 0 radical (unpaired) electrons. The van der Waals surface area contributed by atoms with E-state index in [1.807, 2.05) is 0 Å². The molecule has 3 atom stereocenters. The molecular formula is C13H26N2. The van der Waals surface area contributed by atoms with Gasteiger partial charge in [0.25, 0.3) is 0 Å². The van der Waals surface area contributed by atoms with Crippen molar-refractivity contribution >= 4 is 0 Å². The van der Waals surface area contributed by atoms with Crippen LogP contribution in [0.25, 0.3) is 0 Å². The van der Waals surface area contributed by atoms with Crippen LogP contribution in [0.2, 0.25) is 0 Å². The molecule has 0 amide bonds. The second-order valence-electron chi connectivity index (χ2n) is 6.38. The average molecular weight is 210 g/mol. The Bertz CT molecular complexity index is 199. The van der Waals surface area contributed by atoms with Gasteiger partial charge in [-0.15, -0.1) is 0 Å². The lowest BCUT2D eigenvalue weighted by Gasteiger charge is -2.39. The Kier molecular flexibility index (Phi) is 3.36. The van der Waals surface area contributed by atoms with Crippen LogP contribution >= 0.6 is 0 Å². The molecule has 1 N–H and O–H groups in total. The highest BCUT2D eigenvalue weighted by atomic mass is 15.2. The van der Waals surface area contributed by atoms with Crippen LogP contribution in [0, 0.1) is 17.3 Å². The maximum absolute atomic E-state index is 3.50. The van der Waals surface area contributed by atoms with Crippen LogP contribution < -0.4 is 5.32 Å². The summed E-state index contributed by atoms with van der Waals surface area (Å²) in [5.74, 6) is 1.79. The van der Waals surface area contributed by atoms with Gasteiger partial charge in [0.05, 0.1) is 0 Å². The first kappa shape index (κ1) is 11.4. The normalized spacial score (nSPS) is 43.4. The summed E-state index contributed by atoms with van der Waals surface area (Å²) in [6.45, 7) is 13.6. The maximum Gasteiger partial charge on any atom is 0.00482 e. The van der Waals surface area contributed by atoms with Gasteiger partial charge in [-0.3, -0.25) is 0 Å². The number of hydrogen-bond donors (Lipinski definition) is 1. The zero-order valence-electron chi connectivity index (χ0n) is 10.6. The summed E-state index contributed by atoms with van der Waals surface area (Å²) in [7, 11) is 0. The number of hydrogen-bond acceptors (Lipinski definition) is 2. The van der Waals surface area contributed by atoms with Gasteiger partial charge in [0, 0.05) is 26.2 Å². The predicted molar refractivity (Wildman–Crippen MR) is 65.0 cm³/mol. The van der Waals surface area contributed by atoms with Crippen molar-refractivity contribution in [2.24, 2.45) is 17.3 Å². The average Bonchev–Trinajstić information content (AvgIpc) is 2.49. The smallest absolute Gasteiger partial charge is 0.00482 e. The van der Waals surface area contributed by atoms with Gasteiger partial charge < -0.3 is 10.2 Å². The van der Waals surface area contributed by atoms with Crippen LogP contribution in [0.15, 0.2) is 0 Å². The molecule has 3 unspecified atom stereocenters. The molecule has 0 spiro atoms. The number of rotatable bonds is 2.